The fourth-order valence-electron chi connectivity index (χ4n) is 2.18. The predicted molar refractivity (Wildman–Crippen MR) is 77.6 cm³/mol. The minimum atomic E-state index is 0.526. The molecule has 0 aliphatic rings. The average Bonchev–Trinajstić information content (AvgIpc) is 2.28. The lowest BCUT2D eigenvalue weighted by Gasteiger charge is -2.13. The van der Waals surface area contributed by atoms with E-state index in [0.29, 0.717) is 5.92 Å². The number of pyridine rings is 1. The van der Waals surface area contributed by atoms with Gasteiger partial charge in [0.05, 0.1) is 5.52 Å². The van der Waals surface area contributed by atoms with Crippen LogP contribution in [0.2, 0.25) is 0 Å². The average molecular weight is 292 g/mol. The van der Waals surface area contributed by atoms with Crippen LogP contribution in [0.25, 0.3) is 10.9 Å². The highest BCUT2D eigenvalue weighted by Crippen LogP contribution is 2.31. The van der Waals surface area contributed by atoms with Crippen LogP contribution in [-0.2, 0) is 6.42 Å². The van der Waals surface area contributed by atoms with E-state index in [9.17, 15) is 0 Å². The van der Waals surface area contributed by atoms with Crippen LogP contribution in [0.5, 0.6) is 0 Å². The van der Waals surface area contributed by atoms with Gasteiger partial charge in [0.1, 0.15) is 0 Å². The second kappa shape index (κ2) is 4.77. The van der Waals surface area contributed by atoms with Gasteiger partial charge in [0.2, 0.25) is 0 Å². The van der Waals surface area contributed by atoms with Crippen LogP contribution in [0.15, 0.2) is 22.7 Å². The zero-order chi connectivity index (χ0) is 12.6. The van der Waals surface area contributed by atoms with Crippen LogP contribution in [0.4, 0.5) is 0 Å². The van der Waals surface area contributed by atoms with Crippen molar-refractivity contribution in [3.63, 3.8) is 0 Å². The number of aromatic nitrogens is 1. The van der Waals surface area contributed by atoms with Crippen molar-refractivity contribution in [3.8, 4) is 0 Å². The standard InChI is InChI=1S/C15H18BrN/c1-5-11-7-13-12(9(2)3)6-10(4)17-15(13)14(16)8-11/h6-9H,5H2,1-4H3. The largest absolute Gasteiger partial charge is 0.252 e. The summed E-state index contributed by atoms with van der Waals surface area (Å²) in [6.45, 7) is 8.72. The fourth-order valence-corrected chi connectivity index (χ4v) is 2.78. The maximum atomic E-state index is 4.65. The number of benzene rings is 1. The number of aryl methyl sites for hydroxylation is 2. The van der Waals surface area contributed by atoms with Crippen LogP contribution in [0.3, 0.4) is 0 Å². The molecule has 0 fully saturated rings. The monoisotopic (exact) mass is 291 g/mol. The van der Waals surface area contributed by atoms with Gasteiger partial charge in [-0.15, -0.1) is 0 Å². The predicted octanol–water partition coefficient (Wildman–Crippen LogP) is 4.99. The number of halogens is 1. The summed E-state index contributed by atoms with van der Waals surface area (Å²) in [5.41, 5.74) is 4.93. The maximum Gasteiger partial charge on any atom is 0.0850 e. The number of hydrogen-bond acceptors (Lipinski definition) is 1. The van der Waals surface area contributed by atoms with E-state index in [4.69, 9.17) is 0 Å². The molecule has 0 saturated heterocycles. The number of hydrogen-bond donors (Lipinski definition) is 0. The molecule has 2 aromatic rings. The van der Waals surface area contributed by atoms with Gasteiger partial charge < -0.3 is 0 Å². The maximum absolute atomic E-state index is 4.65. The van der Waals surface area contributed by atoms with Crippen molar-refractivity contribution in [1.29, 1.82) is 0 Å². The molecule has 1 nitrogen and oxygen atoms in total. The third-order valence-electron chi connectivity index (χ3n) is 3.12. The quantitative estimate of drug-likeness (QED) is 0.759. The van der Waals surface area contributed by atoms with Gasteiger partial charge in [-0.3, -0.25) is 4.98 Å². The van der Waals surface area contributed by atoms with Gasteiger partial charge >= 0.3 is 0 Å². The molecule has 0 aliphatic heterocycles. The second-order valence-corrected chi connectivity index (χ2v) is 5.69. The molecule has 0 unspecified atom stereocenters. The summed E-state index contributed by atoms with van der Waals surface area (Å²) in [4.78, 5) is 4.65. The van der Waals surface area contributed by atoms with E-state index in [2.05, 4.69) is 66.8 Å². The summed E-state index contributed by atoms with van der Waals surface area (Å²) in [5, 5.41) is 1.29. The summed E-state index contributed by atoms with van der Waals surface area (Å²) in [7, 11) is 0. The van der Waals surface area contributed by atoms with Crippen LogP contribution in [-0.4, -0.2) is 4.98 Å². The van der Waals surface area contributed by atoms with Crippen molar-refractivity contribution < 1.29 is 0 Å². The van der Waals surface area contributed by atoms with Gasteiger partial charge in [0.25, 0.3) is 0 Å². The molecule has 90 valence electrons. The summed E-state index contributed by atoms with van der Waals surface area (Å²) >= 11 is 3.64. The topological polar surface area (TPSA) is 12.9 Å². The zero-order valence-corrected chi connectivity index (χ0v) is 12.4. The molecule has 1 aromatic carbocycles. The van der Waals surface area contributed by atoms with Gasteiger partial charge in [-0.1, -0.05) is 20.8 Å². The Morgan fingerprint density at radius 2 is 1.94 bits per heavy atom. The van der Waals surface area contributed by atoms with Gasteiger partial charge in [-0.05, 0) is 64.5 Å². The van der Waals surface area contributed by atoms with Gasteiger partial charge in [0.15, 0.2) is 0 Å². The number of nitrogens with zero attached hydrogens (tertiary/aromatic N) is 1. The lowest BCUT2D eigenvalue weighted by molar-refractivity contribution is 0.871. The van der Waals surface area contributed by atoms with Crippen LogP contribution in [0.1, 0.15) is 43.5 Å². The Balaban J connectivity index is 2.85. The lowest BCUT2D eigenvalue weighted by atomic mass is 9.96. The molecular weight excluding hydrogens is 274 g/mol. The molecule has 1 aromatic heterocycles. The Morgan fingerprint density at radius 1 is 1.24 bits per heavy atom. The molecule has 0 N–H and O–H groups in total. The minimum absolute atomic E-state index is 0.526. The van der Waals surface area contributed by atoms with Crippen molar-refractivity contribution >= 4 is 26.8 Å². The van der Waals surface area contributed by atoms with E-state index in [1.165, 1.54) is 16.5 Å². The Labute approximate surface area is 111 Å². The third kappa shape index (κ3) is 2.37. The first kappa shape index (κ1) is 12.6. The van der Waals surface area contributed by atoms with Crippen molar-refractivity contribution in [2.75, 3.05) is 0 Å². The Kier molecular flexibility index (Phi) is 3.53. The normalized spacial score (nSPS) is 11.4. The third-order valence-corrected chi connectivity index (χ3v) is 3.72. The SMILES string of the molecule is CCc1cc(Br)c2nc(C)cc(C(C)C)c2c1. The molecular formula is C15H18BrN. The molecule has 0 atom stereocenters. The first-order chi connectivity index (χ1) is 8.02. The Morgan fingerprint density at radius 3 is 2.53 bits per heavy atom. The molecule has 0 amide bonds. The zero-order valence-electron chi connectivity index (χ0n) is 10.8. The van der Waals surface area contributed by atoms with E-state index < -0.39 is 0 Å². The summed E-state index contributed by atoms with van der Waals surface area (Å²) in [5.74, 6) is 0.526. The molecule has 2 heteroatoms. The van der Waals surface area contributed by atoms with Crippen molar-refractivity contribution in [1.82, 2.24) is 4.98 Å². The van der Waals surface area contributed by atoms with Gasteiger partial charge in [0, 0.05) is 15.6 Å². The molecule has 1 heterocycles. The lowest BCUT2D eigenvalue weighted by Crippen LogP contribution is -1.96. The smallest absolute Gasteiger partial charge is 0.0850 e. The van der Waals surface area contributed by atoms with Crippen LogP contribution < -0.4 is 0 Å². The Hall–Kier alpha value is -0.890. The van der Waals surface area contributed by atoms with Gasteiger partial charge in [-0.25, -0.2) is 0 Å². The minimum Gasteiger partial charge on any atom is -0.252 e. The molecule has 0 bridgehead atoms. The van der Waals surface area contributed by atoms with Crippen LogP contribution in [0, 0.1) is 6.92 Å². The molecule has 0 radical (unpaired) electrons. The summed E-state index contributed by atoms with van der Waals surface area (Å²) < 4.78 is 1.11. The highest BCUT2D eigenvalue weighted by Gasteiger charge is 2.10. The first-order valence-electron chi connectivity index (χ1n) is 6.12. The second-order valence-electron chi connectivity index (χ2n) is 4.83. The molecule has 0 saturated carbocycles. The highest BCUT2D eigenvalue weighted by molar-refractivity contribution is 9.10. The number of fused-ring (bicyclic) bond motifs is 1. The van der Waals surface area contributed by atoms with Crippen molar-refractivity contribution in [2.24, 2.45) is 0 Å². The fraction of sp³-hybridized carbons (Fsp3) is 0.400. The Bertz CT molecular complexity index is 558. The first-order valence-corrected chi connectivity index (χ1v) is 6.92. The van der Waals surface area contributed by atoms with Crippen molar-refractivity contribution in [3.05, 3.63) is 39.5 Å². The highest BCUT2D eigenvalue weighted by atomic mass is 79.9. The molecule has 2 rings (SSSR count). The van der Waals surface area contributed by atoms with Crippen LogP contribution >= 0.6 is 15.9 Å². The van der Waals surface area contributed by atoms with E-state index in [0.717, 1.165) is 22.1 Å². The number of rotatable bonds is 2. The van der Waals surface area contributed by atoms with E-state index in [1.54, 1.807) is 0 Å². The van der Waals surface area contributed by atoms with E-state index >= 15 is 0 Å². The van der Waals surface area contributed by atoms with Gasteiger partial charge in [-0.2, -0.15) is 0 Å². The van der Waals surface area contributed by atoms with E-state index in [1.807, 2.05) is 0 Å². The summed E-state index contributed by atoms with van der Waals surface area (Å²) in [6, 6.07) is 6.67. The molecule has 0 aliphatic carbocycles. The molecule has 17 heavy (non-hydrogen) atoms. The van der Waals surface area contributed by atoms with Crippen molar-refractivity contribution in [2.45, 2.75) is 40.0 Å². The molecule has 0 spiro atoms. The summed E-state index contributed by atoms with van der Waals surface area (Å²) in [6.07, 6.45) is 1.06. The van der Waals surface area contributed by atoms with E-state index in [-0.39, 0.29) is 0 Å².